The number of aryl methyl sites for hydroxylation is 1. The normalized spacial score (nSPS) is 25.0. The second-order valence-corrected chi connectivity index (χ2v) is 8.01. The molecule has 2 fully saturated rings. The average Bonchev–Trinajstić information content (AvgIpc) is 2.81. The van der Waals surface area contributed by atoms with E-state index in [0.717, 1.165) is 62.2 Å². The zero-order valence-electron chi connectivity index (χ0n) is 15.2. The van der Waals surface area contributed by atoms with Gasteiger partial charge >= 0.3 is 0 Å². The van der Waals surface area contributed by atoms with Crippen LogP contribution in [0.25, 0.3) is 11.3 Å². The van der Waals surface area contributed by atoms with E-state index in [0.29, 0.717) is 5.95 Å². The highest BCUT2D eigenvalue weighted by Crippen LogP contribution is 2.39. The van der Waals surface area contributed by atoms with E-state index in [9.17, 15) is 0 Å². The van der Waals surface area contributed by atoms with Crippen LogP contribution in [0.5, 0.6) is 0 Å². The minimum Gasteiger partial charge on any atom is -0.368 e. The molecule has 1 aliphatic carbocycles. The predicted octanol–water partition coefficient (Wildman–Crippen LogP) is 2.65. The van der Waals surface area contributed by atoms with Gasteiger partial charge < -0.3 is 16.0 Å². The smallest absolute Gasteiger partial charge is 0.222 e. The van der Waals surface area contributed by atoms with Crippen molar-refractivity contribution in [3.8, 4) is 11.3 Å². The summed E-state index contributed by atoms with van der Waals surface area (Å²) in [5, 5.41) is 3.60. The number of hydrogen-bond acceptors (Lipinski definition) is 5. The standard InChI is InChI=1S/C21H27N5/c22-21-24-19-17-8-2-1-5-14(17)6-3-9-18(19)20(25-21)26-12-15-7-4-10-23-11-16(15)13-26/h1-2,5,8,15-16,23H,3-4,6-7,9-13H2,(H2,22,24,25). The van der Waals surface area contributed by atoms with Crippen LogP contribution in [0.3, 0.4) is 0 Å². The first-order chi connectivity index (χ1) is 12.8. The Morgan fingerprint density at radius 3 is 2.88 bits per heavy atom. The van der Waals surface area contributed by atoms with Gasteiger partial charge in [0.15, 0.2) is 0 Å². The van der Waals surface area contributed by atoms with Crippen LogP contribution in [0.15, 0.2) is 24.3 Å². The maximum Gasteiger partial charge on any atom is 0.222 e. The van der Waals surface area contributed by atoms with Crippen LogP contribution < -0.4 is 16.0 Å². The molecule has 0 saturated carbocycles. The van der Waals surface area contributed by atoms with Gasteiger partial charge in [-0.05, 0) is 62.6 Å². The lowest BCUT2D eigenvalue weighted by Gasteiger charge is -2.23. The number of anilines is 2. The SMILES string of the molecule is Nc1nc2c(c(N3CC4CCCNCC4C3)n1)CCCc1ccccc1-2. The molecule has 5 nitrogen and oxygen atoms in total. The van der Waals surface area contributed by atoms with Gasteiger partial charge in [0.1, 0.15) is 5.82 Å². The van der Waals surface area contributed by atoms with Crippen molar-refractivity contribution >= 4 is 11.8 Å². The summed E-state index contributed by atoms with van der Waals surface area (Å²) in [6.45, 7) is 4.49. The van der Waals surface area contributed by atoms with Crippen molar-refractivity contribution in [2.24, 2.45) is 11.8 Å². The number of nitrogens with one attached hydrogen (secondary N) is 1. The summed E-state index contributed by atoms with van der Waals surface area (Å²) in [6, 6.07) is 8.64. The predicted molar refractivity (Wildman–Crippen MR) is 105 cm³/mol. The topological polar surface area (TPSA) is 67.1 Å². The molecule has 0 spiro atoms. The van der Waals surface area contributed by atoms with Gasteiger partial charge in [0.05, 0.1) is 5.69 Å². The minimum atomic E-state index is 0.403. The van der Waals surface area contributed by atoms with E-state index in [4.69, 9.17) is 10.7 Å². The van der Waals surface area contributed by atoms with E-state index in [2.05, 4.69) is 39.5 Å². The van der Waals surface area contributed by atoms with Gasteiger partial charge in [0, 0.05) is 24.2 Å². The summed E-state index contributed by atoms with van der Waals surface area (Å²) in [5.41, 5.74) is 11.2. The summed E-state index contributed by atoms with van der Waals surface area (Å²) < 4.78 is 0. The minimum absolute atomic E-state index is 0.403. The van der Waals surface area contributed by atoms with Crippen LogP contribution in [0.2, 0.25) is 0 Å². The zero-order valence-corrected chi connectivity index (χ0v) is 15.2. The first-order valence-corrected chi connectivity index (χ1v) is 10.00. The Morgan fingerprint density at radius 1 is 1.04 bits per heavy atom. The van der Waals surface area contributed by atoms with Gasteiger partial charge in [0.25, 0.3) is 0 Å². The largest absolute Gasteiger partial charge is 0.368 e. The molecular weight excluding hydrogens is 322 g/mol. The highest BCUT2D eigenvalue weighted by molar-refractivity contribution is 5.74. The second-order valence-electron chi connectivity index (χ2n) is 8.01. The summed E-state index contributed by atoms with van der Waals surface area (Å²) in [7, 11) is 0. The van der Waals surface area contributed by atoms with Gasteiger partial charge in [-0.15, -0.1) is 0 Å². The van der Waals surface area contributed by atoms with E-state index >= 15 is 0 Å². The molecule has 3 N–H and O–H groups in total. The molecule has 2 saturated heterocycles. The Kier molecular flexibility index (Phi) is 4.04. The molecule has 0 bridgehead atoms. The Labute approximate surface area is 155 Å². The number of rotatable bonds is 1. The molecule has 0 radical (unpaired) electrons. The van der Waals surface area contributed by atoms with Crippen LogP contribution in [0.4, 0.5) is 11.8 Å². The molecule has 3 heterocycles. The number of fused-ring (bicyclic) bond motifs is 4. The molecule has 2 unspecified atom stereocenters. The molecule has 5 heteroatoms. The van der Waals surface area contributed by atoms with Crippen molar-refractivity contribution in [1.29, 1.82) is 0 Å². The molecular formula is C21H27N5. The summed E-state index contributed by atoms with van der Waals surface area (Å²) >= 11 is 0. The number of aromatic nitrogens is 2. The second kappa shape index (κ2) is 6.54. The van der Waals surface area contributed by atoms with Crippen LogP contribution in [0, 0.1) is 11.8 Å². The third kappa shape index (κ3) is 2.75. The van der Waals surface area contributed by atoms with E-state index in [-0.39, 0.29) is 0 Å². The monoisotopic (exact) mass is 349 g/mol. The number of nitrogens with zero attached hydrogens (tertiary/aromatic N) is 3. The van der Waals surface area contributed by atoms with Gasteiger partial charge in [0.2, 0.25) is 5.95 Å². The fourth-order valence-electron chi connectivity index (χ4n) is 5.08. The quantitative estimate of drug-likeness (QED) is 0.828. The highest BCUT2D eigenvalue weighted by Gasteiger charge is 2.35. The highest BCUT2D eigenvalue weighted by atomic mass is 15.2. The summed E-state index contributed by atoms with van der Waals surface area (Å²) in [4.78, 5) is 11.9. The van der Waals surface area contributed by atoms with Crippen LogP contribution >= 0.6 is 0 Å². The van der Waals surface area contributed by atoms with E-state index < -0.39 is 0 Å². The fourth-order valence-corrected chi connectivity index (χ4v) is 5.08. The molecule has 2 atom stereocenters. The lowest BCUT2D eigenvalue weighted by atomic mass is 9.93. The molecule has 5 rings (SSSR count). The van der Waals surface area contributed by atoms with Gasteiger partial charge in [-0.25, -0.2) is 4.98 Å². The molecule has 2 aliphatic heterocycles. The van der Waals surface area contributed by atoms with Crippen molar-refractivity contribution in [2.75, 3.05) is 36.8 Å². The van der Waals surface area contributed by atoms with Crippen LogP contribution in [0.1, 0.15) is 30.4 Å². The van der Waals surface area contributed by atoms with E-state index in [1.807, 2.05) is 0 Å². The first kappa shape index (κ1) is 16.1. The van der Waals surface area contributed by atoms with Crippen LogP contribution in [-0.2, 0) is 12.8 Å². The number of nitrogens with two attached hydrogens (primary N) is 1. The van der Waals surface area contributed by atoms with Crippen molar-refractivity contribution in [1.82, 2.24) is 15.3 Å². The van der Waals surface area contributed by atoms with Crippen LogP contribution in [-0.4, -0.2) is 36.1 Å². The molecule has 26 heavy (non-hydrogen) atoms. The fraction of sp³-hybridized carbons (Fsp3) is 0.524. The molecule has 0 amide bonds. The van der Waals surface area contributed by atoms with Crippen molar-refractivity contribution in [2.45, 2.75) is 32.1 Å². The zero-order chi connectivity index (χ0) is 17.5. The van der Waals surface area contributed by atoms with Gasteiger partial charge in [-0.2, -0.15) is 4.98 Å². The Bertz CT molecular complexity index is 804. The maximum atomic E-state index is 6.17. The van der Waals surface area contributed by atoms with Gasteiger partial charge in [-0.3, -0.25) is 0 Å². The molecule has 1 aromatic heterocycles. The lowest BCUT2D eigenvalue weighted by molar-refractivity contribution is 0.414. The molecule has 2 aromatic rings. The van der Waals surface area contributed by atoms with Crippen molar-refractivity contribution in [3.63, 3.8) is 0 Å². The molecule has 136 valence electrons. The first-order valence-electron chi connectivity index (χ1n) is 10.00. The van der Waals surface area contributed by atoms with E-state index in [1.165, 1.54) is 36.1 Å². The maximum absolute atomic E-state index is 6.17. The Balaban J connectivity index is 1.56. The third-order valence-electron chi connectivity index (χ3n) is 6.36. The average molecular weight is 349 g/mol. The Morgan fingerprint density at radius 2 is 1.92 bits per heavy atom. The third-order valence-corrected chi connectivity index (χ3v) is 6.36. The molecule has 3 aliphatic rings. The van der Waals surface area contributed by atoms with Crippen molar-refractivity contribution in [3.05, 3.63) is 35.4 Å². The number of benzene rings is 1. The summed E-state index contributed by atoms with van der Waals surface area (Å²) in [5.74, 6) is 3.00. The van der Waals surface area contributed by atoms with E-state index in [1.54, 1.807) is 0 Å². The van der Waals surface area contributed by atoms with Crippen molar-refractivity contribution < 1.29 is 0 Å². The number of nitrogen functional groups attached to an aromatic ring is 1. The number of hydrogen-bond donors (Lipinski definition) is 2. The van der Waals surface area contributed by atoms with Gasteiger partial charge in [-0.1, -0.05) is 24.3 Å². The summed E-state index contributed by atoms with van der Waals surface area (Å²) in [6.07, 6.45) is 5.88. The lowest BCUT2D eigenvalue weighted by Crippen LogP contribution is -2.27. The molecule has 1 aromatic carbocycles. The Hall–Kier alpha value is -2.14.